The first-order valence-corrected chi connectivity index (χ1v) is 10.5. The first-order chi connectivity index (χ1) is 15.5. The minimum Gasteiger partial charge on any atom is -0.398 e. The van der Waals surface area contributed by atoms with Crippen molar-refractivity contribution in [1.29, 1.82) is 0 Å². The summed E-state index contributed by atoms with van der Waals surface area (Å²) in [6.45, 7) is 4.38. The van der Waals surface area contributed by atoms with E-state index in [0.717, 1.165) is 29.1 Å². The second-order valence-electron chi connectivity index (χ2n) is 7.12. The van der Waals surface area contributed by atoms with Gasteiger partial charge in [0.05, 0.1) is 12.9 Å². The Balaban J connectivity index is 1.78. The van der Waals surface area contributed by atoms with Crippen LogP contribution in [0.1, 0.15) is 12.5 Å². The molecule has 4 heterocycles. The predicted octanol–water partition coefficient (Wildman–Crippen LogP) is 3.12. The minimum atomic E-state index is 0.330. The number of imidazole rings is 1. The van der Waals surface area contributed by atoms with Gasteiger partial charge in [0, 0.05) is 27.3 Å². The lowest BCUT2D eigenvalue weighted by molar-refractivity contribution is 0.369. The maximum absolute atomic E-state index is 5.75. The van der Waals surface area contributed by atoms with E-state index < -0.39 is 0 Å². The van der Waals surface area contributed by atoms with Crippen LogP contribution in [0, 0.1) is 6.92 Å². The van der Waals surface area contributed by atoms with Crippen LogP contribution in [0.4, 0.5) is 5.95 Å². The summed E-state index contributed by atoms with van der Waals surface area (Å²) < 4.78 is 14.5. The van der Waals surface area contributed by atoms with Gasteiger partial charge in [-0.2, -0.15) is 4.98 Å². The molecule has 12 heteroatoms. The van der Waals surface area contributed by atoms with Crippen LogP contribution >= 0.6 is 12.3 Å². The van der Waals surface area contributed by atoms with E-state index in [1.165, 1.54) is 0 Å². The zero-order chi connectivity index (χ0) is 22.7. The molecule has 0 aliphatic heterocycles. The number of nitrogens with zero attached hydrogens (tertiary/aromatic N) is 9. The molecule has 11 nitrogen and oxygen atoms in total. The van der Waals surface area contributed by atoms with Crippen LogP contribution in [0.2, 0.25) is 0 Å². The van der Waals surface area contributed by atoms with Gasteiger partial charge in [-0.15, -0.1) is 5.10 Å². The third kappa shape index (κ3) is 4.55. The van der Waals surface area contributed by atoms with Gasteiger partial charge in [0.15, 0.2) is 28.7 Å². The average Bonchev–Trinajstić information content (AvgIpc) is 3.37. The molecule has 0 bridgehead atoms. The fourth-order valence-corrected chi connectivity index (χ4v) is 3.23. The highest BCUT2D eigenvalue weighted by Gasteiger charge is 2.19. The van der Waals surface area contributed by atoms with Gasteiger partial charge in [-0.05, 0) is 37.6 Å². The number of fused-ring (bicyclic) bond motifs is 1. The molecule has 4 rings (SSSR count). The molecule has 0 aromatic carbocycles. The van der Waals surface area contributed by atoms with Crippen molar-refractivity contribution in [3.05, 3.63) is 36.3 Å². The predicted molar refractivity (Wildman–Crippen MR) is 123 cm³/mol. The summed E-state index contributed by atoms with van der Waals surface area (Å²) in [6.07, 6.45) is 5.00. The Bertz CT molecular complexity index is 1270. The molecule has 0 N–H and O–H groups in total. The molecule has 0 radical (unpaired) electrons. The lowest BCUT2D eigenvalue weighted by atomic mass is 10.3. The van der Waals surface area contributed by atoms with E-state index >= 15 is 0 Å². The van der Waals surface area contributed by atoms with Crippen molar-refractivity contribution in [3.8, 4) is 23.1 Å². The number of aromatic nitrogens is 7. The van der Waals surface area contributed by atoms with Gasteiger partial charge >= 0.3 is 0 Å². The second kappa shape index (κ2) is 9.32. The molecule has 0 fully saturated rings. The normalized spacial score (nSPS) is 11.5. The Morgan fingerprint density at radius 1 is 1.22 bits per heavy atom. The van der Waals surface area contributed by atoms with Gasteiger partial charge in [-0.25, -0.2) is 24.6 Å². The van der Waals surface area contributed by atoms with Crippen LogP contribution in [0.25, 0.3) is 28.5 Å². The summed E-state index contributed by atoms with van der Waals surface area (Å²) in [4.78, 5) is 24.3. The largest absolute Gasteiger partial charge is 0.398 e. The van der Waals surface area contributed by atoms with E-state index in [-0.39, 0.29) is 0 Å². The molecule has 0 aliphatic carbocycles. The Labute approximate surface area is 189 Å². The van der Waals surface area contributed by atoms with Crippen LogP contribution in [0.3, 0.4) is 0 Å². The highest BCUT2D eigenvalue weighted by Crippen LogP contribution is 2.32. The smallest absolute Gasteiger partial charge is 0.270 e. The quantitative estimate of drug-likeness (QED) is 0.172. The Morgan fingerprint density at radius 3 is 2.84 bits per heavy atom. The molecule has 0 saturated carbocycles. The molecule has 0 atom stereocenters. The van der Waals surface area contributed by atoms with E-state index in [1.54, 1.807) is 34.4 Å². The highest BCUT2D eigenvalue weighted by atomic mass is 32.2. The first kappa shape index (κ1) is 21.7. The van der Waals surface area contributed by atoms with Crippen molar-refractivity contribution in [2.24, 2.45) is 12.0 Å². The van der Waals surface area contributed by atoms with Crippen molar-refractivity contribution in [1.82, 2.24) is 39.2 Å². The third-order valence-corrected chi connectivity index (χ3v) is 4.89. The molecular weight excluding hydrogens is 430 g/mol. The molecule has 0 saturated heterocycles. The van der Waals surface area contributed by atoms with Crippen LogP contribution < -0.4 is 4.18 Å². The lowest BCUT2D eigenvalue weighted by Crippen LogP contribution is -2.07. The van der Waals surface area contributed by atoms with E-state index in [9.17, 15) is 0 Å². The fourth-order valence-electron chi connectivity index (χ4n) is 2.88. The van der Waals surface area contributed by atoms with Crippen molar-refractivity contribution in [2.45, 2.75) is 13.8 Å². The molecule has 0 aliphatic rings. The monoisotopic (exact) mass is 453 g/mol. The maximum Gasteiger partial charge on any atom is 0.270 e. The van der Waals surface area contributed by atoms with Crippen molar-refractivity contribution in [2.75, 3.05) is 20.7 Å². The zero-order valence-corrected chi connectivity index (χ0v) is 19.2. The summed E-state index contributed by atoms with van der Waals surface area (Å²) in [5, 5.41) is 4.38. The van der Waals surface area contributed by atoms with Gasteiger partial charge in [-0.1, -0.05) is 0 Å². The fraction of sp³-hybridized carbons (Fsp3) is 0.300. The molecule has 0 amide bonds. The van der Waals surface area contributed by atoms with Gasteiger partial charge in [0.1, 0.15) is 11.8 Å². The van der Waals surface area contributed by atoms with Crippen LogP contribution in [-0.4, -0.2) is 66.2 Å². The Kier molecular flexibility index (Phi) is 6.32. The van der Waals surface area contributed by atoms with Crippen LogP contribution in [-0.2, 0) is 11.2 Å². The zero-order valence-electron chi connectivity index (χ0n) is 18.4. The standard InChI is InChI=1S/C20H23N9O2S/c1-6-30-32-31-15-7-8-16(29-12-23-20(26-29)22-11-27(3)4)25-17(15)19-24-14-9-13(2)10-21-18(14)28(19)5/h7-12H,6H2,1-5H3. The summed E-state index contributed by atoms with van der Waals surface area (Å²) >= 11 is 0.894. The highest BCUT2D eigenvalue weighted by molar-refractivity contribution is 7.90. The van der Waals surface area contributed by atoms with Gasteiger partial charge in [0.2, 0.25) is 12.3 Å². The third-order valence-electron chi connectivity index (χ3n) is 4.31. The SMILES string of the molecule is CCOSOc1ccc(-n2cnc(N=CN(C)C)n2)nc1-c1nc2cc(C)cnc2n1C. The van der Waals surface area contributed by atoms with Crippen molar-refractivity contribution < 1.29 is 8.37 Å². The summed E-state index contributed by atoms with van der Waals surface area (Å²) in [5.41, 5.74) is 3.09. The van der Waals surface area contributed by atoms with E-state index in [4.69, 9.17) is 18.3 Å². The molecule has 0 spiro atoms. The number of aliphatic imine (C=N–C) groups is 1. The number of hydrogen-bond acceptors (Lipinski definition) is 9. The summed E-state index contributed by atoms with van der Waals surface area (Å²) in [5.74, 6) is 1.99. The topological polar surface area (TPSA) is 108 Å². The van der Waals surface area contributed by atoms with E-state index in [2.05, 4.69) is 20.1 Å². The van der Waals surface area contributed by atoms with Crippen molar-refractivity contribution >= 4 is 35.8 Å². The average molecular weight is 454 g/mol. The van der Waals surface area contributed by atoms with E-state index in [1.807, 2.05) is 51.8 Å². The molecule has 4 aromatic heterocycles. The van der Waals surface area contributed by atoms with Gasteiger partial charge in [-0.3, -0.25) is 4.18 Å². The lowest BCUT2D eigenvalue weighted by Gasteiger charge is -2.10. The first-order valence-electron chi connectivity index (χ1n) is 9.85. The number of rotatable bonds is 8. The Morgan fingerprint density at radius 2 is 2.06 bits per heavy atom. The molecular formula is C20H23N9O2S. The van der Waals surface area contributed by atoms with Gasteiger partial charge < -0.3 is 13.7 Å². The number of pyridine rings is 2. The second-order valence-corrected chi connectivity index (χ2v) is 7.66. The number of aryl methyl sites for hydroxylation is 2. The molecule has 166 valence electrons. The Hall–Kier alpha value is -3.51. The minimum absolute atomic E-state index is 0.330. The van der Waals surface area contributed by atoms with Crippen LogP contribution in [0.15, 0.2) is 35.7 Å². The summed E-state index contributed by atoms with van der Waals surface area (Å²) in [6, 6.07) is 5.56. The summed E-state index contributed by atoms with van der Waals surface area (Å²) in [7, 11) is 5.64. The molecule has 32 heavy (non-hydrogen) atoms. The van der Waals surface area contributed by atoms with E-state index in [0.29, 0.717) is 35.6 Å². The van der Waals surface area contributed by atoms with Crippen molar-refractivity contribution in [3.63, 3.8) is 0 Å². The maximum atomic E-state index is 5.75. The molecule has 4 aromatic rings. The van der Waals surface area contributed by atoms with Gasteiger partial charge in [0.25, 0.3) is 5.95 Å². The number of hydrogen-bond donors (Lipinski definition) is 0. The molecule has 0 unspecified atom stereocenters. The van der Waals surface area contributed by atoms with Crippen LogP contribution in [0.5, 0.6) is 5.75 Å².